The van der Waals surface area contributed by atoms with E-state index >= 15 is 0 Å². The molecule has 2 aromatic carbocycles. The second-order valence-corrected chi connectivity index (χ2v) is 8.95. The number of aryl methyl sites for hydroxylation is 1. The zero-order valence-electron chi connectivity index (χ0n) is 18.3. The van der Waals surface area contributed by atoms with Gasteiger partial charge in [0.1, 0.15) is 5.82 Å². The number of aromatic amines is 1. The first-order valence-electron chi connectivity index (χ1n) is 11.0. The lowest BCUT2D eigenvalue weighted by atomic mass is 9.96. The van der Waals surface area contributed by atoms with Crippen LogP contribution in [0, 0.1) is 13.8 Å². The summed E-state index contributed by atoms with van der Waals surface area (Å²) < 4.78 is 1.89. The van der Waals surface area contributed by atoms with Crippen molar-refractivity contribution in [3.63, 3.8) is 0 Å². The lowest BCUT2D eigenvalue weighted by molar-refractivity contribution is 0.0705. The Bertz CT molecular complexity index is 1260. The van der Waals surface area contributed by atoms with Gasteiger partial charge in [-0.1, -0.05) is 35.9 Å². The summed E-state index contributed by atoms with van der Waals surface area (Å²) >= 11 is 6.29. The molecule has 3 heterocycles. The number of amides is 1. The molecule has 1 unspecified atom stereocenters. The molecular weight excluding hydrogens is 422 g/mol. The minimum atomic E-state index is 0.0686. The summed E-state index contributed by atoms with van der Waals surface area (Å²) in [4.78, 5) is 23.5. The monoisotopic (exact) mass is 447 g/mol. The number of carbonyl (C=O) groups excluding carboxylic acids is 1. The molecule has 1 aliphatic heterocycles. The van der Waals surface area contributed by atoms with E-state index in [9.17, 15) is 4.79 Å². The van der Waals surface area contributed by atoms with E-state index in [1.165, 1.54) is 0 Å². The Morgan fingerprint density at radius 3 is 2.81 bits per heavy atom. The van der Waals surface area contributed by atoms with Gasteiger partial charge in [0.25, 0.3) is 5.91 Å². The number of nitrogens with zero attached hydrogens (tertiary/aromatic N) is 4. The summed E-state index contributed by atoms with van der Waals surface area (Å²) in [5.41, 5.74) is 5.52. The number of halogens is 1. The second kappa shape index (κ2) is 8.43. The Kier molecular flexibility index (Phi) is 5.47. The van der Waals surface area contributed by atoms with Crippen LogP contribution in [0.25, 0.3) is 11.0 Å². The first-order valence-corrected chi connectivity index (χ1v) is 11.4. The molecule has 32 heavy (non-hydrogen) atoms. The van der Waals surface area contributed by atoms with Crippen LogP contribution in [0.5, 0.6) is 0 Å². The molecule has 1 amide bonds. The minimum Gasteiger partial charge on any atom is -0.342 e. The van der Waals surface area contributed by atoms with Gasteiger partial charge in [-0.15, -0.1) is 0 Å². The van der Waals surface area contributed by atoms with Crippen molar-refractivity contribution in [2.45, 2.75) is 39.2 Å². The average molecular weight is 448 g/mol. The molecule has 7 heteroatoms. The Morgan fingerprint density at radius 2 is 2.03 bits per heavy atom. The lowest BCUT2D eigenvalue weighted by Gasteiger charge is -2.32. The molecule has 0 spiro atoms. The van der Waals surface area contributed by atoms with Gasteiger partial charge >= 0.3 is 0 Å². The number of hydrogen-bond donors (Lipinski definition) is 1. The van der Waals surface area contributed by atoms with Crippen LogP contribution >= 0.6 is 11.6 Å². The van der Waals surface area contributed by atoms with E-state index in [1.807, 2.05) is 72.0 Å². The van der Waals surface area contributed by atoms with Gasteiger partial charge in [0.2, 0.25) is 0 Å². The van der Waals surface area contributed by atoms with Gasteiger partial charge in [-0.25, -0.2) is 4.98 Å². The van der Waals surface area contributed by atoms with Crippen LogP contribution in [-0.4, -0.2) is 43.6 Å². The number of aromatic nitrogens is 4. The number of hydrogen-bond acceptors (Lipinski definition) is 3. The quantitative estimate of drug-likeness (QED) is 0.473. The normalized spacial score (nSPS) is 16.6. The van der Waals surface area contributed by atoms with E-state index in [-0.39, 0.29) is 11.8 Å². The van der Waals surface area contributed by atoms with Crippen molar-refractivity contribution in [1.82, 2.24) is 24.6 Å². The van der Waals surface area contributed by atoms with E-state index < -0.39 is 0 Å². The van der Waals surface area contributed by atoms with Gasteiger partial charge in [0.15, 0.2) is 0 Å². The van der Waals surface area contributed by atoms with Gasteiger partial charge in [0, 0.05) is 24.6 Å². The number of imidazole rings is 1. The Balaban J connectivity index is 1.33. The van der Waals surface area contributed by atoms with Crippen molar-refractivity contribution in [1.29, 1.82) is 0 Å². The van der Waals surface area contributed by atoms with E-state index in [1.54, 1.807) is 0 Å². The summed E-state index contributed by atoms with van der Waals surface area (Å²) in [5.74, 6) is 1.26. The molecule has 0 saturated carbocycles. The first-order chi connectivity index (χ1) is 15.5. The zero-order chi connectivity index (χ0) is 22.2. The minimum absolute atomic E-state index is 0.0686. The van der Waals surface area contributed by atoms with Gasteiger partial charge in [-0.3, -0.25) is 9.48 Å². The molecule has 1 N–H and O–H groups in total. The van der Waals surface area contributed by atoms with Gasteiger partial charge in [-0.05, 0) is 56.5 Å². The van der Waals surface area contributed by atoms with Crippen LogP contribution in [-0.2, 0) is 6.54 Å². The average Bonchev–Trinajstić information content (AvgIpc) is 3.36. The molecule has 0 aliphatic carbocycles. The molecule has 1 saturated heterocycles. The fraction of sp³-hybridized carbons (Fsp3) is 0.320. The van der Waals surface area contributed by atoms with Gasteiger partial charge < -0.3 is 9.88 Å². The van der Waals surface area contributed by atoms with Crippen molar-refractivity contribution in [2.24, 2.45) is 0 Å². The van der Waals surface area contributed by atoms with Crippen molar-refractivity contribution < 1.29 is 4.79 Å². The molecule has 1 fully saturated rings. The second-order valence-electron chi connectivity index (χ2n) is 8.57. The van der Waals surface area contributed by atoms with Gasteiger partial charge in [0.05, 0.1) is 34.0 Å². The van der Waals surface area contributed by atoms with Crippen LogP contribution < -0.4 is 0 Å². The summed E-state index contributed by atoms with van der Waals surface area (Å²) in [7, 11) is 0. The van der Waals surface area contributed by atoms with Crippen LogP contribution in [0.15, 0.2) is 48.5 Å². The fourth-order valence-electron chi connectivity index (χ4n) is 4.54. The molecule has 164 valence electrons. The third kappa shape index (κ3) is 3.91. The number of para-hydroxylation sites is 2. The SMILES string of the molecule is Cc1nn(Cc2cccc(C(=O)N3CCCC(c4nc5ccccc5[nH]4)C3)c2)c(C)c1Cl. The Labute approximate surface area is 192 Å². The number of H-pyrrole nitrogens is 1. The summed E-state index contributed by atoms with van der Waals surface area (Å²) in [5, 5.41) is 5.21. The molecule has 2 aromatic heterocycles. The standard InChI is InChI=1S/C25H26ClN5O/c1-16-23(26)17(2)31(29-16)14-18-7-5-8-19(13-18)25(32)30-12-6-9-20(15-30)24-27-21-10-3-4-11-22(21)28-24/h3-5,7-8,10-11,13,20H,6,9,12,14-15H2,1-2H3,(H,27,28). The number of benzene rings is 2. The van der Waals surface area contributed by atoms with Crippen LogP contribution in [0.1, 0.15) is 51.9 Å². The van der Waals surface area contributed by atoms with E-state index in [0.717, 1.165) is 53.2 Å². The fourth-order valence-corrected chi connectivity index (χ4v) is 4.67. The van der Waals surface area contributed by atoms with Crippen molar-refractivity contribution >= 4 is 28.5 Å². The number of carbonyl (C=O) groups is 1. The number of piperidine rings is 1. The molecule has 0 radical (unpaired) electrons. The maximum Gasteiger partial charge on any atom is 0.253 e. The maximum absolute atomic E-state index is 13.3. The highest BCUT2D eigenvalue weighted by Gasteiger charge is 2.27. The van der Waals surface area contributed by atoms with E-state index in [0.29, 0.717) is 23.7 Å². The van der Waals surface area contributed by atoms with Crippen molar-refractivity contribution in [3.8, 4) is 0 Å². The highest BCUT2D eigenvalue weighted by molar-refractivity contribution is 6.31. The molecule has 4 aromatic rings. The maximum atomic E-state index is 13.3. The summed E-state index contributed by atoms with van der Waals surface area (Å²) in [6, 6.07) is 15.9. The Hall–Kier alpha value is -3.12. The van der Waals surface area contributed by atoms with Crippen LogP contribution in [0.4, 0.5) is 0 Å². The number of nitrogens with one attached hydrogen (secondary N) is 1. The molecule has 6 nitrogen and oxygen atoms in total. The van der Waals surface area contributed by atoms with Crippen LogP contribution in [0.2, 0.25) is 5.02 Å². The third-order valence-corrected chi connectivity index (χ3v) is 6.85. The predicted molar refractivity (Wildman–Crippen MR) is 126 cm³/mol. The topological polar surface area (TPSA) is 66.8 Å². The van der Waals surface area contributed by atoms with E-state index in [4.69, 9.17) is 16.6 Å². The third-order valence-electron chi connectivity index (χ3n) is 6.30. The highest BCUT2D eigenvalue weighted by Crippen LogP contribution is 2.28. The number of rotatable bonds is 4. The molecule has 5 rings (SSSR count). The Morgan fingerprint density at radius 1 is 1.19 bits per heavy atom. The first kappa shape index (κ1) is 20.8. The summed E-state index contributed by atoms with van der Waals surface area (Å²) in [6.45, 7) is 5.90. The molecule has 1 atom stereocenters. The molecule has 0 bridgehead atoms. The zero-order valence-corrected chi connectivity index (χ0v) is 19.1. The van der Waals surface area contributed by atoms with E-state index in [2.05, 4.69) is 10.1 Å². The van der Waals surface area contributed by atoms with Crippen LogP contribution in [0.3, 0.4) is 0 Å². The van der Waals surface area contributed by atoms with Gasteiger partial charge in [-0.2, -0.15) is 5.10 Å². The van der Waals surface area contributed by atoms with Crippen molar-refractivity contribution in [3.05, 3.63) is 81.9 Å². The molecule has 1 aliphatic rings. The smallest absolute Gasteiger partial charge is 0.253 e. The summed E-state index contributed by atoms with van der Waals surface area (Å²) in [6.07, 6.45) is 2.00. The lowest BCUT2D eigenvalue weighted by Crippen LogP contribution is -2.39. The number of fused-ring (bicyclic) bond motifs is 1. The number of likely N-dealkylation sites (tertiary alicyclic amines) is 1. The largest absolute Gasteiger partial charge is 0.342 e. The highest BCUT2D eigenvalue weighted by atomic mass is 35.5. The predicted octanol–water partition coefficient (Wildman–Crippen LogP) is 5.10. The molecular formula is C25H26ClN5O. The van der Waals surface area contributed by atoms with Crippen molar-refractivity contribution in [2.75, 3.05) is 13.1 Å².